The lowest BCUT2D eigenvalue weighted by Crippen LogP contribution is -2.01. The molecule has 0 spiro atoms. The first-order valence-corrected chi connectivity index (χ1v) is 8.01. The minimum atomic E-state index is -0.429. The van der Waals surface area contributed by atoms with Gasteiger partial charge in [0, 0.05) is 16.2 Å². The zero-order chi connectivity index (χ0) is 13.9. The highest BCUT2D eigenvalue weighted by molar-refractivity contribution is 7.12. The number of hydrogen-bond donors (Lipinski definition) is 1. The molecular formula is C17H20O2S. The number of ether oxygens (including phenoxy) is 1. The molecule has 106 valence electrons. The summed E-state index contributed by atoms with van der Waals surface area (Å²) in [6, 6.07) is 10.1. The molecule has 1 unspecified atom stereocenters. The van der Waals surface area contributed by atoms with E-state index in [1.165, 1.54) is 36.1 Å². The van der Waals surface area contributed by atoms with Gasteiger partial charge in [-0.1, -0.05) is 18.2 Å². The molecule has 3 heteroatoms. The predicted octanol–water partition coefficient (Wildman–Crippen LogP) is 3.91. The van der Waals surface area contributed by atoms with E-state index in [1.54, 1.807) is 18.4 Å². The zero-order valence-electron chi connectivity index (χ0n) is 11.8. The molecule has 1 atom stereocenters. The summed E-state index contributed by atoms with van der Waals surface area (Å²) in [7, 11) is 1.68. The molecule has 0 bridgehead atoms. The van der Waals surface area contributed by atoms with Gasteiger partial charge in [0.15, 0.2) is 0 Å². The predicted molar refractivity (Wildman–Crippen MR) is 82.6 cm³/mol. The molecule has 1 aliphatic rings. The molecule has 1 N–H and O–H groups in total. The lowest BCUT2D eigenvalue weighted by Gasteiger charge is -2.12. The van der Waals surface area contributed by atoms with Crippen LogP contribution in [0.1, 0.15) is 39.8 Å². The second-order valence-corrected chi connectivity index (χ2v) is 6.50. The summed E-state index contributed by atoms with van der Waals surface area (Å²) in [5.74, 6) is 0.855. The van der Waals surface area contributed by atoms with Gasteiger partial charge in [-0.3, -0.25) is 0 Å². The first-order valence-electron chi connectivity index (χ1n) is 7.19. The van der Waals surface area contributed by atoms with E-state index in [0.717, 1.165) is 16.2 Å². The summed E-state index contributed by atoms with van der Waals surface area (Å²) in [6.45, 7) is 0. The van der Waals surface area contributed by atoms with Crippen molar-refractivity contribution in [1.82, 2.24) is 0 Å². The molecular weight excluding hydrogens is 268 g/mol. The molecule has 0 fully saturated rings. The van der Waals surface area contributed by atoms with Gasteiger partial charge in [0.1, 0.15) is 5.75 Å². The van der Waals surface area contributed by atoms with Gasteiger partial charge in [-0.25, -0.2) is 0 Å². The highest BCUT2D eigenvalue weighted by Crippen LogP contribution is 2.34. The number of para-hydroxylation sites is 1. The Hall–Kier alpha value is -1.32. The van der Waals surface area contributed by atoms with Crippen molar-refractivity contribution in [2.75, 3.05) is 7.11 Å². The van der Waals surface area contributed by atoms with E-state index in [-0.39, 0.29) is 0 Å². The number of aryl methyl sites for hydroxylation is 2. The van der Waals surface area contributed by atoms with Gasteiger partial charge in [-0.05, 0) is 48.9 Å². The molecule has 0 saturated carbocycles. The first-order chi connectivity index (χ1) is 9.78. The van der Waals surface area contributed by atoms with E-state index in [4.69, 9.17) is 4.74 Å². The van der Waals surface area contributed by atoms with Crippen molar-refractivity contribution in [2.24, 2.45) is 0 Å². The Labute approximate surface area is 124 Å². The number of rotatable bonds is 4. The van der Waals surface area contributed by atoms with E-state index in [2.05, 4.69) is 6.07 Å². The van der Waals surface area contributed by atoms with Crippen LogP contribution in [0, 0.1) is 0 Å². The Morgan fingerprint density at radius 1 is 1.25 bits per heavy atom. The molecule has 1 aromatic heterocycles. The lowest BCUT2D eigenvalue weighted by atomic mass is 9.98. The Balaban J connectivity index is 1.79. The van der Waals surface area contributed by atoms with Crippen molar-refractivity contribution in [3.8, 4) is 5.75 Å². The minimum Gasteiger partial charge on any atom is -0.496 e. The van der Waals surface area contributed by atoms with Crippen molar-refractivity contribution < 1.29 is 9.84 Å². The topological polar surface area (TPSA) is 29.5 Å². The van der Waals surface area contributed by atoms with Crippen LogP contribution in [0.25, 0.3) is 0 Å². The monoisotopic (exact) mass is 288 g/mol. The summed E-state index contributed by atoms with van der Waals surface area (Å²) < 4.78 is 5.36. The lowest BCUT2D eigenvalue weighted by molar-refractivity contribution is 0.181. The first kappa shape index (κ1) is 13.7. The summed E-state index contributed by atoms with van der Waals surface area (Å²) in [5.41, 5.74) is 2.52. The second-order valence-electron chi connectivity index (χ2n) is 5.34. The summed E-state index contributed by atoms with van der Waals surface area (Å²) in [4.78, 5) is 2.58. The van der Waals surface area contributed by atoms with Gasteiger partial charge in [0.25, 0.3) is 0 Å². The molecule has 0 amide bonds. The second kappa shape index (κ2) is 5.98. The van der Waals surface area contributed by atoms with Crippen LogP contribution in [0.4, 0.5) is 0 Å². The molecule has 1 aromatic carbocycles. The van der Waals surface area contributed by atoms with Crippen LogP contribution in [0.2, 0.25) is 0 Å². The Morgan fingerprint density at radius 3 is 2.85 bits per heavy atom. The average Bonchev–Trinajstić information content (AvgIpc) is 2.92. The van der Waals surface area contributed by atoms with E-state index in [0.29, 0.717) is 6.42 Å². The van der Waals surface area contributed by atoms with Gasteiger partial charge in [-0.15, -0.1) is 11.3 Å². The van der Waals surface area contributed by atoms with Gasteiger partial charge in [-0.2, -0.15) is 0 Å². The molecule has 0 saturated heterocycles. The summed E-state index contributed by atoms with van der Waals surface area (Å²) in [6.07, 6.45) is 5.11. The quantitative estimate of drug-likeness (QED) is 0.924. The fraction of sp³-hybridized carbons (Fsp3) is 0.412. The van der Waals surface area contributed by atoms with Crippen LogP contribution >= 0.6 is 11.3 Å². The number of thiophene rings is 1. The van der Waals surface area contributed by atoms with Crippen molar-refractivity contribution in [1.29, 1.82) is 0 Å². The van der Waals surface area contributed by atoms with Crippen LogP contribution in [-0.4, -0.2) is 12.2 Å². The third kappa shape index (κ3) is 2.74. The normalized spacial score (nSPS) is 15.7. The maximum Gasteiger partial charge on any atom is 0.122 e. The third-order valence-corrected chi connectivity index (χ3v) is 5.29. The van der Waals surface area contributed by atoms with E-state index >= 15 is 0 Å². The highest BCUT2D eigenvalue weighted by Gasteiger charge is 2.18. The fourth-order valence-corrected chi connectivity index (χ4v) is 4.10. The Kier molecular flexibility index (Phi) is 4.08. The molecule has 2 aromatic rings. The zero-order valence-corrected chi connectivity index (χ0v) is 12.6. The number of fused-ring (bicyclic) bond motifs is 1. The van der Waals surface area contributed by atoms with Crippen molar-refractivity contribution >= 4 is 11.3 Å². The smallest absolute Gasteiger partial charge is 0.122 e. The van der Waals surface area contributed by atoms with Gasteiger partial charge >= 0.3 is 0 Å². The maximum atomic E-state index is 10.5. The van der Waals surface area contributed by atoms with E-state index in [9.17, 15) is 5.11 Å². The number of aliphatic hydroxyl groups excluding tert-OH is 1. The third-order valence-electron chi connectivity index (χ3n) is 3.95. The van der Waals surface area contributed by atoms with Crippen LogP contribution < -0.4 is 4.74 Å². The van der Waals surface area contributed by atoms with Crippen molar-refractivity contribution in [3.63, 3.8) is 0 Å². The van der Waals surface area contributed by atoms with Crippen LogP contribution in [0.5, 0.6) is 5.75 Å². The standard InChI is InChI=1S/C17H20O2S/c1-19-15-8-4-2-6-12(15)10-14(18)17-11-13-7-3-5-9-16(13)20-17/h2,4,6,8,11,14,18H,3,5,7,9-10H2,1H3. The number of methoxy groups -OCH3 is 1. The molecule has 1 aliphatic carbocycles. The van der Waals surface area contributed by atoms with Gasteiger partial charge < -0.3 is 9.84 Å². The van der Waals surface area contributed by atoms with E-state index < -0.39 is 6.10 Å². The van der Waals surface area contributed by atoms with Gasteiger partial charge in [0.2, 0.25) is 0 Å². The number of hydrogen-bond acceptors (Lipinski definition) is 3. The van der Waals surface area contributed by atoms with Crippen molar-refractivity contribution in [3.05, 3.63) is 51.2 Å². The SMILES string of the molecule is COc1ccccc1CC(O)c1cc2c(s1)CCCC2. The summed E-state index contributed by atoms with van der Waals surface area (Å²) >= 11 is 1.79. The van der Waals surface area contributed by atoms with Gasteiger partial charge in [0.05, 0.1) is 13.2 Å². The van der Waals surface area contributed by atoms with Crippen LogP contribution in [-0.2, 0) is 19.3 Å². The number of aliphatic hydroxyl groups is 1. The summed E-state index contributed by atoms with van der Waals surface area (Å²) in [5, 5.41) is 10.5. The molecule has 20 heavy (non-hydrogen) atoms. The largest absolute Gasteiger partial charge is 0.496 e. The maximum absolute atomic E-state index is 10.5. The average molecular weight is 288 g/mol. The molecule has 1 heterocycles. The Bertz CT molecular complexity index is 565. The van der Waals surface area contributed by atoms with Crippen LogP contribution in [0.15, 0.2) is 30.3 Å². The highest BCUT2D eigenvalue weighted by atomic mass is 32.1. The van der Waals surface area contributed by atoms with Crippen molar-refractivity contribution in [2.45, 2.75) is 38.2 Å². The molecule has 3 rings (SSSR count). The minimum absolute atomic E-state index is 0.429. The van der Waals surface area contributed by atoms with Crippen LogP contribution in [0.3, 0.4) is 0 Å². The van der Waals surface area contributed by atoms with E-state index in [1.807, 2.05) is 24.3 Å². The Morgan fingerprint density at radius 2 is 2.05 bits per heavy atom. The molecule has 2 nitrogen and oxygen atoms in total. The molecule has 0 radical (unpaired) electrons. The fourth-order valence-electron chi connectivity index (χ4n) is 2.86. The number of benzene rings is 1. The molecule has 0 aliphatic heterocycles.